The number of hydrogen-bond acceptors (Lipinski definition) is 5. The van der Waals surface area contributed by atoms with E-state index in [9.17, 15) is 4.79 Å². The van der Waals surface area contributed by atoms with Crippen molar-refractivity contribution in [2.75, 3.05) is 7.11 Å². The number of methoxy groups -OCH3 is 1. The number of thiazole rings is 1. The monoisotopic (exact) mass is 237 g/mol. The Morgan fingerprint density at radius 1 is 1.62 bits per heavy atom. The van der Waals surface area contributed by atoms with Crippen LogP contribution in [0.5, 0.6) is 0 Å². The predicted molar refractivity (Wildman–Crippen MR) is 59.7 cm³/mol. The lowest BCUT2D eigenvalue weighted by Gasteiger charge is -1.95. The molecule has 0 spiro atoms. The van der Waals surface area contributed by atoms with Gasteiger partial charge in [0.15, 0.2) is 0 Å². The molecule has 0 bridgehead atoms. The molecule has 0 amide bonds. The number of nitrogens with zero attached hydrogens (tertiary/aromatic N) is 3. The summed E-state index contributed by atoms with van der Waals surface area (Å²) in [5.74, 6) is -0.286. The Hall–Kier alpha value is -1.69. The van der Waals surface area contributed by atoms with Gasteiger partial charge in [0.1, 0.15) is 5.00 Å². The van der Waals surface area contributed by atoms with Gasteiger partial charge in [0.2, 0.25) is 0 Å². The summed E-state index contributed by atoms with van der Waals surface area (Å²) in [6.07, 6.45) is 3.77. The van der Waals surface area contributed by atoms with Gasteiger partial charge in [-0.05, 0) is 13.0 Å². The maximum Gasteiger partial charge on any atom is 0.311 e. The van der Waals surface area contributed by atoms with Crippen LogP contribution in [0.1, 0.15) is 10.7 Å². The van der Waals surface area contributed by atoms with Gasteiger partial charge in [-0.1, -0.05) is 11.3 Å². The first-order valence-electron chi connectivity index (χ1n) is 4.73. The number of ether oxygens (including phenoxy) is 1. The van der Waals surface area contributed by atoms with Gasteiger partial charge in [0.25, 0.3) is 0 Å². The van der Waals surface area contributed by atoms with Crippen LogP contribution < -0.4 is 0 Å². The van der Waals surface area contributed by atoms with Gasteiger partial charge in [0.05, 0.1) is 30.4 Å². The van der Waals surface area contributed by atoms with Crippen LogP contribution in [0.3, 0.4) is 0 Å². The van der Waals surface area contributed by atoms with Gasteiger partial charge in [-0.2, -0.15) is 5.10 Å². The van der Waals surface area contributed by atoms with Crippen LogP contribution >= 0.6 is 11.3 Å². The summed E-state index contributed by atoms with van der Waals surface area (Å²) in [7, 11) is 1.37. The first kappa shape index (κ1) is 10.8. The lowest BCUT2D eigenvalue weighted by Crippen LogP contribution is -2.05. The Morgan fingerprint density at radius 3 is 3.06 bits per heavy atom. The van der Waals surface area contributed by atoms with E-state index in [2.05, 4.69) is 14.8 Å². The maximum absolute atomic E-state index is 11.0. The van der Waals surface area contributed by atoms with E-state index < -0.39 is 0 Å². The zero-order valence-electron chi connectivity index (χ0n) is 9.01. The van der Waals surface area contributed by atoms with E-state index in [0.29, 0.717) is 5.69 Å². The molecule has 5 nitrogen and oxygen atoms in total. The molecule has 0 aliphatic rings. The number of carbonyl (C=O) groups excluding carboxylic acids is 1. The van der Waals surface area contributed by atoms with Crippen molar-refractivity contribution in [3.63, 3.8) is 0 Å². The fourth-order valence-electron chi connectivity index (χ4n) is 1.25. The van der Waals surface area contributed by atoms with Gasteiger partial charge >= 0.3 is 5.97 Å². The summed E-state index contributed by atoms with van der Waals surface area (Å²) in [4.78, 5) is 15.2. The van der Waals surface area contributed by atoms with Crippen molar-refractivity contribution in [3.8, 4) is 5.00 Å². The summed E-state index contributed by atoms with van der Waals surface area (Å²) < 4.78 is 6.29. The SMILES string of the molecule is COC(=O)Cc1ccn(-c2cnc(C)s2)n1. The molecular weight excluding hydrogens is 226 g/mol. The van der Waals surface area contributed by atoms with Crippen molar-refractivity contribution < 1.29 is 9.53 Å². The highest BCUT2D eigenvalue weighted by atomic mass is 32.1. The third-order valence-electron chi connectivity index (χ3n) is 2.03. The summed E-state index contributed by atoms with van der Waals surface area (Å²) in [6, 6.07) is 1.80. The molecular formula is C10H11N3O2S. The maximum atomic E-state index is 11.0. The number of rotatable bonds is 3. The molecule has 0 N–H and O–H groups in total. The number of carbonyl (C=O) groups is 1. The Bertz CT molecular complexity index is 504. The zero-order chi connectivity index (χ0) is 11.5. The quantitative estimate of drug-likeness (QED) is 0.756. The summed E-state index contributed by atoms with van der Waals surface area (Å²) in [5, 5.41) is 6.19. The number of aryl methyl sites for hydroxylation is 1. The van der Waals surface area contributed by atoms with Crippen molar-refractivity contribution in [2.45, 2.75) is 13.3 Å². The molecule has 0 aliphatic carbocycles. The zero-order valence-corrected chi connectivity index (χ0v) is 9.82. The second-order valence-corrected chi connectivity index (χ2v) is 4.44. The molecule has 0 atom stereocenters. The highest BCUT2D eigenvalue weighted by molar-refractivity contribution is 7.14. The van der Waals surface area contributed by atoms with Crippen molar-refractivity contribution in [1.82, 2.24) is 14.8 Å². The van der Waals surface area contributed by atoms with E-state index in [1.165, 1.54) is 7.11 Å². The van der Waals surface area contributed by atoms with Crippen LogP contribution in [0.25, 0.3) is 5.00 Å². The van der Waals surface area contributed by atoms with Gasteiger partial charge in [0, 0.05) is 6.20 Å². The Kier molecular flexibility index (Phi) is 3.00. The van der Waals surface area contributed by atoms with Crippen molar-refractivity contribution in [2.24, 2.45) is 0 Å². The minimum atomic E-state index is -0.286. The largest absolute Gasteiger partial charge is 0.469 e. The van der Waals surface area contributed by atoms with Crippen molar-refractivity contribution >= 4 is 17.3 Å². The number of hydrogen-bond donors (Lipinski definition) is 0. The summed E-state index contributed by atoms with van der Waals surface area (Å²) in [6.45, 7) is 1.94. The third kappa shape index (κ3) is 2.27. The molecule has 2 rings (SSSR count). The van der Waals surface area contributed by atoms with Crippen LogP contribution in [-0.4, -0.2) is 27.8 Å². The molecule has 6 heteroatoms. The van der Waals surface area contributed by atoms with Gasteiger partial charge < -0.3 is 4.74 Å². The average molecular weight is 237 g/mol. The molecule has 0 aliphatic heterocycles. The first-order valence-corrected chi connectivity index (χ1v) is 5.55. The molecule has 0 saturated carbocycles. The molecule has 0 radical (unpaired) electrons. The van der Waals surface area contributed by atoms with Gasteiger partial charge in [-0.25, -0.2) is 9.67 Å². The minimum absolute atomic E-state index is 0.196. The highest BCUT2D eigenvalue weighted by Gasteiger charge is 2.08. The highest BCUT2D eigenvalue weighted by Crippen LogP contribution is 2.16. The third-order valence-corrected chi connectivity index (χ3v) is 2.93. The number of esters is 1. The second kappa shape index (κ2) is 4.44. The smallest absolute Gasteiger partial charge is 0.311 e. The molecule has 0 unspecified atom stereocenters. The summed E-state index contributed by atoms with van der Waals surface area (Å²) in [5.41, 5.74) is 0.693. The standard InChI is InChI=1S/C10H11N3O2S/c1-7-11-6-9(16-7)13-4-3-8(12-13)5-10(14)15-2/h3-4,6H,5H2,1-2H3. The molecule has 2 aromatic heterocycles. The minimum Gasteiger partial charge on any atom is -0.469 e. The molecule has 0 fully saturated rings. The fourth-order valence-corrected chi connectivity index (χ4v) is 1.96. The second-order valence-electron chi connectivity index (χ2n) is 3.22. The van der Waals surface area contributed by atoms with E-state index in [1.54, 1.807) is 28.3 Å². The van der Waals surface area contributed by atoms with Crippen LogP contribution in [0.15, 0.2) is 18.5 Å². The molecule has 84 valence electrons. The molecule has 16 heavy (non-hydrogen) atoms. The van der Waals surface area contributed by atoms with Crippen molar-refractivity contribution in [3.05, 3.63) is 29.2 Å². The van der Waals surface area contributed by atoms with E-state index in [-0.39, 0.29) is 12.4 Å². The molecule has 2 aromatic rings. The van der Waals surface area contributed by atoms with E-state index in [1.807, 2.05) is 13.1 Å². The topological polar surface area (TPSA) is 57.0 Å². The molecule has 0 saturated heterocycles. The first-order chi connectivity index (χ1) is 7.69. The predicted octanol–water partition coefficient (Wildman–Crippen LogP) is 1.35. The van der Waals surface area contributed by atoms with Crippen LogP contribution in [-0.2, 0) is 16.0 Å². The van der Waals surface area contributed by atoms with Gasteiger partial charge in [-0.15, -0.1) is 0 Å². The lowest BCUT2D eigenvalue weighted by molar-refractivity contribution is -0.139. The van der Waals surface area contributed by atoms with Crippen LogP contribution in [0.2, 0.25) is 0 Å². The molecule has 2 heterocycles. The van der Waals surface area contributed by atoms with E-state index in [4.69, 9.17) is 0 Å². The average Bonchev–Trinajstić information content (AvgIpc) is 2.87. The lowest BCUT2D eigenvalue weighted by atomic mass is 10.3. The van der Waals surface area contributed by atoms with Crippen LogP contribution in [0.4, 0.5) is 0 Å². The number of aromatic nitrogens is 3. The summed E-state index contributed by atoms with van der Waals surface area (Å²) >= 11 is 1.55. The fraction of sp³-hybridized carbons (Fsp3) is 0.300. The molecule has 0 aromatic carbocycles. The van der Waals surface area contributed by atoms with Crippen molar-refractivity contribution in [1.29, 1.82) is 0 Å². The Morgan fingerprint density at radius 2 is 2.44 bits per heavy atom. The van der Waals surface area contributed by atoms with E-state index in [0.717, 1.165) is 10.0 Å². The Balaban J connectivity index is 2.16. The van der Waals surface area contributed by atoms with Crippen LogP contribution in [0, 0.1) is 6.92 Å². The van der Waals surface area contributed by atoms with Gasteiger partial charge in [-0.3, -0.25) is 4.79 Å². The van der Waals surface area contributed by atoms with E-state index >= 15 is 0 Å². The Labute approximate surface area is 96.7 Å². The normalized spacial score (nSPS) is 10.4.